The van der Waals surface area contributed by atoms with Crippen LogP contribution in [0.1, 0.15) is 42.3 Å². The summed E-state index contributed by atoms with van der Waals surface area (Å²) in [6.07, 6.45) is 0.282. The summed E-state index contributed by atoms with van der Waals surface area (Å²) < 4.78 is 5.65. The van der Waals surface area contributed by atoms with Crippen LogP contribution < -0.4 is 10.1 Å². The van der Waals surface area contributed by atoms with E-state index >= 15 is 0 Å². The van der Waals surface area contributed by atoms with Crippen molar-refractivity contribution in [3.05, 3.63) is 34.3 Å². The molecule has 0 atom stereocenters. The Morgan fingerprint density at radius 3 is 2.73 bits per heavy atom. The fourth-order valence-corrected chi connectivity index (χ4v) is 2.68. The third kappa shape index (κ3) is 4.53. The average Bonchev–Trinajstić information content (AvgIpc) is 2.90. The molecule has 5 nitrogen and oxygen atoms in total. The minimum atomic E-state index is -0.115. The zero-order valence-electron chi connectivity index (χ0n) is 13.3. The van der Waals surface area contributed by atoms with Crippen LogP contribution >= 0.6 is 11.3 Å². The van der Waals surface area contributed by atoms with Crippen LogP contribution in [-0.4, -0.2) is 22.7 Å². The molecule has 0 unspecified atom stereocenters. The van der Waals surface area contributed by atoms with E-state index in [0.717, 1.165) is 16.3 Å². The van der Waals surface area contributed by atoms with Crippen molar-refractivity contribution in [3.63, 3.8) is 0 Å². The molecule has 6 heteroatoms. The van der Waals surface area contributed by atoms with E-state index in [4.69, 9.17) is 4.74 Å². The van der Waals surface area contributed by atoms with Crippen molar-refractivity contribution in [1.82, 2.24) is 10.2 Å². The Hall–Kier alpha value is -1.95. The minimum absolute atomic E-state index is 0.115. The van der Waals surface area contributed by atoms with E-state index in [1.807, 2.05) is 39.8 Å². The maximum Gasteiger partial charge on any atom is 0.229 e. The van der Waals surface area contributed by atoms with Gasteiger partial charge in [0.1, 0.15) is 10.8 Å². The predicted molar refractivity (Wildman–Crippen MR) is 88.7 cm³/mol. The van der Waals surface area contributed by atoms with Crippen molar-refractivity contribution in [3.8, 4) is 5.75 Å². The molecule has 0 aliphatic rings. The topological polar surface area (TPSA) is 64.1 Å². The van der Waals surface area contributed by atoms with E-state index < -0.39 is 0 Å². The fourth-order valence-electron chi connectivity index (χ4n) is 1.92. The number of hydrogen-bond acceptors (Lipinski definition) is 5. The Morgan fingerprint density at radius 1 is 1.32 bits per heavy atom. The molecule has 118 valence electrons. The van der Waals surface area contributed by atoms with Gasteiger partial charge in [0.05, 0.1) is 13.0 Å². The third-order valence-corrected chi connectivity index (χ3v) is 4.24. The second-order valence-corrected chi connectivity index (χ2v) is 6.52. The first-order chi connectivity index (χ1) is 10.5. The van der Waals surface area contributed by atoms with Crippen LogP contribution in [0.5, 0.6) is 5.75 Å². The van der Waals surface area contributed by atoms with Crippen molar-refractivity contribution >= 4 is 22.4 Å². The summed E-state index contributed by atoms with van der Waals surface area (Å²) in [5.74, 6) is 1.02. The molecular formula is C16H21N3O2S. The number of nitrogens with one attached hydrogen (secondary N) is 1. The Balaban J connectivity index is 1.80. The van der Waals surface area contributed by atoms with E-state index in [1.54, 1.807) is 0 Å². The van der Waals surface area contributed by atoms with Crippen LogP contribution in [0.4, 0.5) is 5.13 Å². The number of rotatable bonds is 6. The lowest BCUT2D eigenvalue weighted by atomic mass is 10.1. The highest BCUT2D eigenvalue weighted by molar-refractivity contribution is 7.15. The first kappa shape index (κ1) is 16.4. The van der Waals surface area contributed by atoms with Gasteiger partial charge in [0.25, 0.3) is 0 Å². The van der Waals surface area contributed by atoms with Crippen LogP contribution in [0, 0.1) is 13.8 Å². The number of aryl methyl sites for hydroxylation is 2. The molecule has 0 aliphatic heterocycles. The summed E-state index contributed by atoms with van der Waals surface area (Å²) in [6.45, 7) is 8.47. The van der Waals surface area contributed by atoms with Gasteiger partial charge in [-0.05, 0) is 25.5 Å². The van der Waals surface area contributed by atoms with Crippen LogP contribution in [0.15, 0.2) is 18.2 Å². The van der Waals surface area contributed by atoms with Gasteiger partial charge in [-0.1, -0.05) is 42.9 Å². The maximum atomic E-state index is 11.9. The summed E-state index contributed by atoms with van der Waals surface area (Å²) >= 11 is 1.41. The first-order valence-electron chi connectivity index (χ1n) is 7.29. The smallest absolute Gasteiger partial charge is 0.229 e. The number of carbonyl (C=O) groups is 1. The highest BCUT2D eigenvalue weighted by atomic mass is 32.1. The zero-order chi connectivity index (χ0) is 16.1. The van der Waals surface area contributed by atoms with Crippen molar-refractivity contribution in [2.75, 3.05) is 11.9 Å². The average molecular weight is 319 g/mol. The SMILES string of the molecule is Cc1ccc(OCCC(=O)Nc2nnc(C(C)C)s2)c(C)c1. The lowest BCUT2D eigenvalue weighted by Crippen LogP contribution is -2.15. The van der Waals surface area contributed by atoms with E-state index in [0.29, 0.717) is 17.7 Å². The van der Waals surface area contributed by atoms with Gasteiger partial charge in [0.2, 0.25) is 11.0 Å². The molecule has 0 aliphatic carbocycles. The standard InChI is InChI=1S/C16H21N3O2S/c1-10(2)15-18-19-16(22-15)17-14(20)7-8-21-13-6-5-11(3)9-12(13)4/h5-6,9-10H,7-8H2,1-4H3,(H,17,19,20). The van der Waals surface area contributed by atoms with Crippen LogP contribution in [0.2, 0.25) is 0 Å². The van der Waals surface area contributed by atoms with E-state index in [2.05, 4.69) is 21.6 Å². The minimum Gasteiger partial charge on any atom is -0.493 e. The third-order valence-electron chi connectivity index (χ3n) is 3.10. The molecule has 1 heterocycles. The second kappa shape index (κ2) is 7.35. The Labute approximate surface area is 134 Å². The molecule has 0 saturated carbocycles. The van der Waals surface area contributed by atoms with Gasteiger partial charge in [-0.2, -0.15) is 0 Å². The monoisotopic (exact) mass is 319 g/mol. The number of hydrogen-bond donors (Lipinski definition) is 1. The molecule has 0 radical (unpaired) electrons. The quantitative estimate of drug-likeness (QED) is 0.882. The Morgan fingerprint density at radius 2 is 2.09 bits per heavy atom. The molecular weight excluding hydrogens is 298 g/mol. The first-order valence-corrected chi connectivity index (χ1v) is 8.10. The van der Waals surface area contributed by atoms with Gasteiger partial charge in [0, 0.05) is 5.92 Å². The molecule has 1 aromatic carbocycles. The van der Waals surface area contributed by atoms with E-state index in [1.165, 1.54) is 16.9 Å². The van der Waals surface area contributed by atoms with Crippen molar-refractivity contribution in [2.45, 2.75) is 40.0 Å². The number of nitrogens with zero attached hydrogens (tertiary/aromatic N) is 2. The molecule has 1 N–H and O–H groups in total. The van der Waals surface area contributed by atoms with Gasteiger partial charge < -0.3 is 10.1 Å². The van der Waals surface area contributed by atoms with Crippen LogP contribution in [-0.2, 0) is 4.79 Å². The highest BCUT2D eigenvalue weighted by Crippen LogP contribution is 2.22. The van der Waals surface area contributed by atoms with Gasteiger partial charge in [-0.25, -0.2) is 0 Å². The van der Waals surface area contributed by atoms with Crippen molar-refractivity contribution < 1.29 is 9.53 Å². The molecule has 22 heavy (non-hydrogen) atoms. The van der Waals surface area contributed by atoms with Crippen molar-refractivity contribution in [1.29, 1.82) is 0 Å². The Kier molecular flexibility index (Phi) is 5.49. The Bertz CT molecular complexity index is 653. The lowest BCUT2D eigenvalue weighted by Gasteiger charge is -2.09. The summed E-state index contributed by atoms with van der Waals surface area (Å²) in [5.41, 5.74) is 2.27. The molecule has 0 bridgehead atoms. The van der Waals surface area contributed by atoms with E-state index in [-0.39, 0.29) is 12.3 Å². The van der Waals surface area contributed by atoms with Gasteiger partial charge >= 0.3 is 0 Å². The molecule has 1 aromatic heterocycles. The summed E-state index contributed by atoms with van der Waals surface area (Å²) in [5, 5.41) is 12.2. The maximum absolute atomic E-state index is 11.9. The largest absolute Gasteiger partial charge is 0.493 e. The highest BCUT2D eigenvalue weighted by Gasteiger charge is 2.10. The normalized spacial score (nSPS) is 10.8. The van der Waals surface area contributed by atoms with Gasteiger partial charge in [-0.3, -0.25) is 4.79 Å². The number of carbonyl (C=O) groups excluding carboxylic acids is 1. The predicted octanol–water partition coefficient (Wildman–Crippen LogP) is 3.69. The lowest BCUT2D eigenvalue weighted by molar-refractivity contribution is -0.116. The number of amides is 1. The van der Waals surface area contributed by atoms with Crippen molar-refractivity contribution in [2.24, 2.45) is 0 Å². The number of aromatic nitrogens is 2. The summed E-state index contributed by atoms with van der Waals surface area (Å²) in [7, 11) is 0. The number of benzene rings is 1. The second-order valence-electron chi connectivity index (χ2n) is 5.52. The summed E-state index contributed by atoms with van der Waals surface area (Å²) in [6, 6.07) is 5.99. The molecule has 2 rings (SSSR count). The molecule has 1 amide bonds. The van der Waals surface area contributed by atoms with E-state index in [9.17, 15) is 4.79 Å². The van der Waals surface area contributed by atoms with Gasteiger partial charge in [0.15, 0.2) is 0 Å². The van der Waals surface area contributed by atoms with Crippen LogP contribution in [0.25, 0.3) is 0 Å². The van der Waals surface area contributed by atoms with Gasteiger partial charge in [-0.15, -0.1) is 10.2 Å². The molecule has 0 saturated heterocycles. The fraction of sp³-hybridized carbons (Fsp3) is 0.438. The molecule has 0 spiro atoms. The zero-order valence-corrected chi connectivity index (χ0v) is 14.2. The molecule has 2 aromatic rings. The number of anilines is 1. The number of ether oxygens (including phenoxy) is 1. The molecule has 0 fully saturated rings. The summed E-state index contributed by atoms with van der Waals surface area (Å²) in [4.78, 5) is 11.9. The van der Waals surface area contributed by atoms with Crippen LogP contribution in [0.3, 0.4) is 0 Å².